The third-order valence-electron chi connectivity index (χ3n) is 4.08. The van der Waals surface area contributed by atoms with Crippen molar-refractivity contribution in [2.75, 3.05) is 6.61 Å². The van der Waals surface area contributed by atoms with Crippen LogP contribution in [-0.2, 0) is 9.47 Å². The van der Waals surface area contributed by atoms with Crippen LogP contribution in [0.5, 0.6) is 0 Å². The van der Waals surface area contributed by atoms with Crippen LogP contribution in [0.3, 0.4) is 0 Å². The molecule has 2 fully saturated rings. The first-order valence-electron chi connectivity index (χ1n) is 7.13. The third-order valence-corrected chi connectivity index (χ3v) is 4.50. The van der Waals surface area contributed by atoms with E-state index >= 15 is 0 Å². The van der Waals surface area contributed by atoms with E-state index in [4.69, 9.17) is 21.1 Å². The highest BCUT2D eigenvalue weighted by atomic mass is 35.5. The zero-order valence-electron chi connectivity index (χ0n) is 11.0. The minimum atomic E-state index is 0.130. The van der Waals surface area contributed by atoms with Crippen molar-refractivity contribution in [3.63, 3.8) is 0 Å². The predicted molar refractivity (Wildman–Crippen MR) is 70.6 cm³/mol. The molecule has 0 amide bonds. The van der Waals surface area contributed by atoms with Crippen LogP contribution in [0.2, 0.25) is 0 Å². The standard InChI is InChI=1S/C14H25ClO2/c1-3-8-16-14-11(15)9-13(14)17-12-7-5-4-6-10(12)2/h10-14H,3-9H2,1-2H3. The Balaban J connectivity index is 1.77. The summed E-state index contributed by atoms with van der Waals surface area (Å²) in [7, 11) is 0. The second kappa shape index (κ2) is 6.40. The summed E-state index contributed by atoms with van der Waals surface area (Å²) in [5, 5.41) is 0.158. The molecule has 3 heteroatoms. The predicted octanol–water partition coefficient (Wildman–Crippen LogP) is 3.76. The molecule has 2 saturated carbocycles. The lowest BCUT2D eigenvalue weighted by atomic mass is 9.86. The van der Waals surface area contributed by atoms with Crippen molar-refractivity contribution < 1.29 is 9.47 Å². The lowest BCUT2D eigenvalue weighted by Crippen LogP contribution is -2.53. The van der Waals surface area contributed by atoms with Crippen LogP contribution in [0.1, 0.15) is 52.4 Å². The van der Waals surface area contributed by atoms with Crippen LogP contribution in [-0.4, -0.2) is 30.3 Å². The van der Waals surface area contributed by atoms with Gasteiger partial charge in [-0.1, -0.05) is 26.7 Å². The number of alkyl halides is 1. The summed E-state index contributed by atoms with van der Waals surface area (Å²) in [5.74, 6) is 0.699. The fourth-order valence-electron chi connectivity index (χ4n) is 2.83. The molecule has 0 radical (unpaired) electrons. The van der Waals surface area contributed by atoms with Crippen LogP contribution in [0.15, 0.2) is 0 Å². The van der Waals surface area contributed by atoms with Gasteiger partial charge in [0.2, 0.25) is 0 Å². The summed E-state index contributed by atoms with van der Waals surface area (Å²) < 4.78 is 12.0. The molecule has 0 aromatic rings. The molecule has 2 aliphatic rings. The van der Waals surface area contributed by atoms with E-state index in [2.05, 4.69) is 13.8 Å². The second-order valence-electron chi connectivity index (χ2n) is 5.56. The molecule has 17 heavy (non-hydrogen) atoms. The van der Waals surface area contributed by atoms with Gasteiger partial charge in [0.15, 0.2) is 0 Å². The van der Waals surface area contributed by atoms with Gasteiger partial charge in [0, 0.05) is 6.61 Å². The van der Waals surface area contributed by atoms with Crippen molar-refractivity contribution in [1.82, 2.24) is 0 Å². The first-order valence-corrected chi connectivity index (χ1v) is 7.57. The Hall–Kier alpha value is 0.210. The molecule has 2 rings (SSSR count). The maximum atomic E-state index is 6.21. The van der Waals surface area contributed by atoms with Gasteiger partial charge in [0.25, 0.3) is 0 Å². The molecular weight excluding hydrogens is 236 g/mol. The molecule has 2 aliphatic carbocycles. The summed E-state index contributed by atoms with van der Waals surface area (Å²) in [4.78, 5) is 0. The number of rotatable bonds is 5. The summed E-state index contributed by atoms with van der Waals surface area (Å²) in [6.45, 7) is 5.23. The molecule has 5 atom stereocenters. The topological polar surface area (TPSA) is 18.5 Å². The highest BCUT2D eigenvalue weighted by Gasteiger charge is 2.43. The van der Waals surface area contributed by atoms with Gasteiger partial charge in [-0.25, -0.2) is 0 Å². The van der Waals surface area contributed by atoms with Gasteiger partial charge in [-0.3, -0.25) is 0 Å². The van der Waals surface area contributed by atoms with Crippen LogP contribution in [0, 0.1) is 5.92 Å². The quantitative estimate of drug-likeness (QED) is 0.701. The second-order valence-corrected chi connectivity index (χ2v) is 6.12. The molecule has 2 nitrogen and oxygen atoms in total. The molecule has 0 saturated heterocycles. The van der Waals surface area contributed by atoms with Gasteiger partial charge in [0.05, 0.1) is 17.6 Å². The Labute approximate surface area is 110 Å². The molecule has 0 aromatic carbocycles. The highest BCUT2D eigenvalue weighted by Crippen LogP contribution is 2.36. The van der Waals surface area contributed by atoms with Crippen molar-refractivity contribution >= 4 is 11.6 Å². The number of ether oxygens (including phenoxy) is 2. The molecule has 100 valence electrons. The first kappa shape index (κ1) is 13.6. The number of hydrogen-bond acceptors (Lipinski definition) is 2. The SMILES string of the molecule is CCCOC1C(Cl)CC1OC1CCCCC1C. The smallest absolute Gasteiger partial charge is 0.100 e. The van der Waals surface area contributed by atoms with Gasteiger partial charge < -0.3 is 9.47 Å². The Bertz CT molecular complexity index is 234. The Morgan fingerprint density at radius 2 is 1.94 bits per heavy atom. The highest BCUT2D eigenvalue weighted by molar-refractivity contribution is 6.21. The summed E-state index contributed by atoms with van der Waals surface area (Å²) >= 11 is 6.19. The van der Waals surface area contributed by atoms with Crippen molar-refractivity contribution in [2.24, 2.45) is 5.92 Å². The van der Waals surface area contributed by atoms with Gasteiger partial charge in [-0.2, -0.15) is 0 Å². The number of hydrogen-bond donors (Lipinski definition) is 0. The van der Waals surface area contributed by atoms with Crippen LogP contribution in [0.25, 0.3) is 0 Å². The molecule has 0 heterocycles. The summed E-state index contributed by atoms with van der Waals surface area (Å²) in [6.07, 6.45) is 8.01. The lowest BCUT2D eigenvalue weighted by molar-refractivity contribution is -0.163. The zero-order chi connectivity index (χ0) is 12.3. The molecule has 0 N–H and O–H groups in total. The Kier molecular flexibility index (Phi) is 5.13. The zero-order valence-corrected chi connectivity index (χ0v) is 11.8. The van der Waals surface area contributed by atoms with E-state index in [-0.39, 0.29) is 17.6 Å². The third kappa shape index (κ3) is 3.36. The number of halogens is 1. The molecule has 0 bridgehead atoms. The van der Waals surface area contributed by atoms with E-state index in [1.807, 2.05) is 0 Å². The summed E-state index contributed by atoms with van der Waals surface area (Å²) in [5.41, 5.74) is 0. The Morgan fingerprint density at radius 3 is 2.59 bits per heavy atom. The largest absolute Gasteiger partial charge is 0.374 e. The van der Waals surface area contributed by atoms with Crippen molar-refractivity contribution in [1.29, 1.82) is 0 Å². The van der Waals surface area contributed by atoms with E-state index in [1.54, 1.807) is 0 Å². The molecule has 5 unspecified atom stereocenters. The maximum Gasteiger partial charge on any atom is 0.100 e. The summed E-state index contributed by atoms with van der Waals surface area (Å²) in [6, 6.07) is 0. The average molecular weight is 261 g/mol. The van der Waals surface area contributed by atoms with Gasteiger partial charge in [-0.05, 0) is 31.6 Å². The van der Waals surface area contributed by atoms with Crippen LogP contribution in [0.4, 0.5) is 0 Å². The van der Waals surface area contributed by atoms with Crippen molar-refractivity contribution in [3.8, 4) is 0 Å². The van der Waals surface area contributed by atoms with Gasteiger partial charge in [-0.15, -0.1) is 11.6 Å². The monoisotopic (exact) mass is 260 g/mol. The van der Waals surface area contributed by atoms with E-state index in [0.717, 1.165) is 19.4 Å². The van der Waals surface area contributed by atoms with Crippen molar-refractivity contribution in [3.05, 3.63) is 0 Å². The fraction of sp³-hybridized carbons (Fsp3) is 1.00. The van der Waals surface area contributed by atoms with Crippen molar-refractivity contribution in [2.45, 2.75) is 76.1 Å². The minimum absolute atomic E-state index is 0.130. The molecular formula is C14H25ClO2. The average Bonchev–Trinajstić information content (AvgIpc) is 2.31. The fourth-order valence-corrected chi connectivity index (χ4v) is 3.25. The normalized spacial score (nSPS) is 42.2. The maximum absolute atomic E-state index is 6.21. The lowest BCUT2D eigenvalue weighted by Gasteiger charge is -2.44. The van der Waals surface area contributed by atoms with Gasteiger partial charge in [0.1, 0.15) is 6.10 Å². The molecule has 0 spiro atoms. The van der Waals surface area contributed by atoms with Crippen LogP contribution < -0.4 is 0 Å². The van der Waals surface area contributed by atoms with E-state index < -0.39 is 0 Å². The van der Waals surface area contributed by atoms with Crippen LogP contribution >= 0.6 is 11.6 Å². The minimum Gasteiger partial charge on any atom is -0.374 e. The van der Waals surface area contributed by atoms with E-state index in [0.29, 0.717) is 12.0 Å². The molecule has 0 aliphatic heterocycles. The first-order chi connectivity index (χ1) is 8.22. The van der Waals surface area contributed by atoms with Gasteiger partial charge >= 0.3 is 0 Å². The van der Waals surface area contributed by atoms with E-state index in [1.165, 1.54) is 25.7 Å². The van der Waals surface area contributed by atoms with E-state index in [9.17, 15) is 0 Å². The molecule has 0 aromatic heterocycles. The Morgan fingerprint density at radius 1 is 1.18 bits per heavy atom.